The van der Waals surface area contributed by atoms with Crippen LogP contribution in [0.5, 0.6) is 0 Å². The predicted octanol–water partition coefficient (Wildman–Crippen LogP) is 5.05. The maximum Gasteiger partial charge on any atom is 0.221 e. The van der Waals surface area contributed by atoms with E-state index in [1.165, 1.54) is 17.7 Å². The number of nitrogens with one attached hydrogen (secondary N) is 1. The molecule has 4 heteroatoms. The molecule has 0 aliphatic heterocycles. The van der Waals surface area contributed by atoms with E-state index in [4.69, 9.17) is 9.97 Å². The highest BCUT2D eigenvalue weighted by Crippen LogP contribution is 2.34. The number of nitrogens with zero attached hydrogens (tertiary/aromatic N) is 2. The van der Waals surface area contributed by atoms with Crippen LogP contribution in [0.25, 0.3) is 43.6 Å². The maximum absolute atomic E-state index is 11.3. The van der Waals surface area contributed by atoms with E-state index in [1.54, 1.807) is 0 Å². The number of fused-ring (bicyclic) bond motifs is 7. The highest BCUT2D eigenvalue weighted by Gasteiger charge is 2.12. The number of carbonyl (C=O) groups is 1. The van der Waals surface area contributed by atoms with E-state index in [2.05, 4.69) is 35.6 Å². The van der Waals surface area contributed by atoms with Gasteiger partial charge in [0.1, 0.15) is 0 Å². The summed E-state index contributed by atoms with van der Waals surface area (Å²) in [6.45, 7) is 1.50. The molecule has 0 aliphatic rings. The van der Waals surface area contributed by atoms with E-state index in [0.717, 1.165) is 38.5 Å². The fraction of sp³-hybridized carbons (Fsp3) is 0.0455. The van der Waals surface area contributed by atoms with E-state index >= 15 is 0 Å². The number of anilines is 1. The van der Waals surface area contributed by atoms with Gasteiger partial charge in [0.15, 0.2) is 0 Å². The number of hydrogen-bond donors (Lipinski definition) is 1. The van der Waals surface area contributed by atoms with Crippen LogP contribution in [0.15, 0.2) is 66.7 Å². The van der Waals surface area contributed by atoms with Gasteiger partial charge in [-0.2, -0.15) is 0 Å². The number of benzene rings is 4. The Morgan fingerprint density at radius 3 is 1.85 bits per heavy atom. The van der Waals surface area contributed by atoms with Crippen LogP contribution in [-0.2, 0) is 4.79 Å². The van der Waals surface area contributed by atoms with Gasteiger partial charge in [-0.05, 0) is 29.0 Å². The topological polar surface area (TPSA) is 54.9 Å². The van der Waals surface area contributed by atoms with Crippen LogP contribution < -0.4 is 5.32 Å². The first-order chi connectivity index (χ1) is 12.7. The van der Waals surface area contributed by atoms with Crippen molar-refractivity contribution in [3.63, 3.8) is 0 Å². The molecule has 1 aromatic heterocycles. The normalized spacial score (nSPS) is 11.4. The van der Waals surface area contributed by atoms with Crippen LogP contribution in [0.4, 0.5) is 5.69 Å². The van der Waals surface area contributed by atoms with Crippen molar-refractivity contribution in [2.75, 3.05) is 5.32 Å². The second kappa shape index (κ2) is 5.49. The molecule has 0 spiro atoms. The predicted molar refractivity (Wildman–Crippen MR) is 106 cm³/mol. The second-order valence-electron chi connectivity index (χ2n) is 6.40. The van der Waals surface area contributed by atoms with Crippen LogP contribution in [0.2, 0.25) is 0 Å². The molecule has 5 rings (SSSR count). The minimum atomic E-state index is -0.102. The molecule has 1 N–H and O–H groups in total. The van der Waals surface area contributed by atoms with Crippen LogP contribution in [-0.4, -0.2) is 15.9 Å². The molecule has 1 heterocycles. The van der Waals surface area contributed by atoms with Gasteiger partial charge in [-0.25, -0.2) is 9.97 Å². The summed E-state index contributed by atoms with van der Waals surface area (Å²) in [4.78, 5) is 21.1. The lowest BCUT2D eigenvalue weighted by Crippen LogP contribution is -2.05. The van der Waals surface area contributed by atoms with Crippen molar-refractivity contribution in [1.29, 1.82) is 0 Å². The summed E-state index contributed by atoms with van der Waals surface area (Å²) in [5.41, 5.74) is 4.09. The van der Waals surface area contributed by atoms with Crippen LogP contribution in [0, 0.1) is 0 Å². The van der Waals surface area contributed by atoms with Gasteiger partial charge in [-0.3, -0.25) is 4.79 Å². The van der Waals surface area contributed by atoms with Gasteiger partial charge in [-0.1, -0.05) is 48.5 Å². The Bertz CT molecular complexity index is 1340. The molecule has 1 amide bonds. The minimum absolute atomic E-state index is 0.102. The summed E-state index contributed by atoms with van der Waals surface area (Å²) in [5, 5.41) is 7.34. The quantitative estimate of drug-likeness (QED) is 0.344. The summed E-state index contributed by atoms with van der Waals surface area (Å²) in [7, 11) is 0. The van der Waals surface area contributed by atoms with Crippen molar-refractivity contribution < 1.29 is 4.79 Å². The monoisotopic (exact) mass is 337 g/mol. The highest BCUT2D eigenvalue weighted by atomic mass is 16.1. The molecule has 0 radical (unpaired) electrons. The average Bonchev–Trinajstić information content (AvgIpc) is 2.66. The second-order valence-corrected chi connectivity index (χ2v) is 6.40. The molecule has 124 valence electrons. The zero-order valence-corrected chi connectivity index (χ0v) is 14.2. The SMILES string of the molecule is CC(=O)Nc1ccc2nc3c4ccccc4c4ccccc4c3nc2c1. The van der Waals surface area contributed by atoms with Crippen molar-refractivity contribution in [3.05, 3.63) is 66.7 Å². The van der Waals surface area contributed by atoms with Crippen molar-refractivity contribution in [2.45, 2.75) is 6.92 Å². The average molecular weight is 337 g/mol. The summed E-state index contributed by atoms with van der Waals surface area (Å²) in [6.07, 6.45) is 0. The number of carbonyl (C=O) groups excluding carboxylic acids is 1. The van der Waals surface area contributed by atoms with Gasteiger partial charge < -0.3 is 5.32 Å². The minimum Gasteiger partial charge on any atom is -0.326 e. The van der Waals surface area contributed by atoms with Gasteiger partial charge in [0.25, 0.3) is 0 Å². The van der Waals surface area contributed by atoms with Gasteiger partial charge in [-0.15, -0.1) is 0 Å². The summed E-state index contributed by atoms with van der Waals surface area (Å²) in [6, 6.07) is 22.2. The Labute approximate surface area is 149 Å². The molecule has 0 saturated heterocycles. The molecular formula is C22H15N3O. The van der Waals surface area contributed by atoms with Crippen molar-refractivity contribution in [2.24, 2.45) is 0 Å². The number of hydrogen-bond acceptors (Lipinski definition) is 3. The third-order valence-corrected chi connectivity index (χ3v) is 4.64. The Hall–Kier alpha value is -3.53. The number of aromatic nitrogens is 2. The molecule has 0 atom stereocenters. The molecule has 0 bridgehead atoms. The van der Waals surface area contributed by atoms with Crippen LogP contribution in [0.3, 0.4) is 0 Å². The first-order valence-corrected chi connectivity index (χ1v) is 8.49. The Balaban J connectivity index is 1.95. The van der Waals surface area contributed by atoms with Crippen LogP contribution in [0.1, 0.15) is 6.92 Å². The lowest BCUT2D eigenvalue weighted by molar-refractivity contribution is -0.114. The molecule has 0 unspecified atom stereocenters. The molecule has 0 aliphatic carbocycles. The van der Waals surface area contributed by atoms with Gasteiger partial charge in [0.05, 0.1) is 22.1 Å². The van der Waals surface area contributed by atoms with E-state index in [9.17, 15) is 4.79 Å². The molecular weight excluding hydrogens is 322 g/mol. The van der Waals surface area contributed by atoms with E-state index in [1.807, 2.05) is 36.4 Å². The Morgan fingerprint density at radius 1 is 0.731 bits per heavy atom. The first kappa shape index (κ1) is 14.8. The third-order valence-electron chi connectivity index (χ3n) is 4.64. The smallest absolute Gasteiger partial charge is 0.221 e. The zero-order chi connectivity index (χ0) is 17.7. The summed E-state index contributed by atoms with van der Waals surface area (Å²) in [5.74, 6) is -0.102. The first-order valence-electron chi connectivity index (χ1n) is 8.49. The van der Waals surface area contributed by atoms with Crippen LogP contribution >= 0.6 is 0 Å². The zero-order valence-electron chi connectivity index (χ0n) is 14.2. The third kappa shape index (κ3) is 2.19. The summed E-state index contributed by atoms with van der Waals surface area (Å²) < 4.78 is 0. The van der Waals surface area contributed by atoms with Gasteiger partial charge in [0, 0.05) is 23.4 Å². The van der Waals surface area contributed by atoms with E-state index < -0.39 is 0 Å². The van der Waals surface area contributed by atoms with E-state index in [0.29, 0.717) is 0 Å². The van der Waals surface area contributed by atoms with Gasteiger partial charge in [0.2, 0.25) is 5.91 Å². The molecule has 0 saturated carbocycles. The summed E-state index contributed by atoms with van der Waals surface area (Å²) >= 11 is 0. The Kier molecular flexibility index (Phi) is 3.12. The van der Waals surface area contributed by atoms with Crippen molar-refractivity contribution in [3.8, 4) is 0 Å². The number of amides is 1. The van der Waals surface area contributed by atoms with E-state index in [-0.39, 0.29) is 5.91 Å². The van der Waals surface area contributed by atoms with Gasteiger partial charge >= 0.3 is 0 Å². The molecule has 0 fully saturated rings. The lowest BCUT2D eigenvalue weighted by atomic mass is 9.99. The fourth-order valence-corrected chi connectivity index (χ4v) is 3.56. The standard InChI is InChI=1S/C22H15N3O/c1-13(26)23-14-10-11-19-20(12-14)25-22-18-9-5-3-7-16(18)15-6-2-4-8-17(15)21(22)24-19/h2-12H,1H3,(H,23,26). The Morgan fingerprint density at radius 2 is 1.27 bits per heavy atom. The lowest BCUT2D eigenvalue weighted by Gasteiger charge is -2.10. The molecule has 26 heavy (non-hydrogen) atoms. The fourth-order valence-electron chi connectivity index (χ4n) is 3.56. The largest absolute Gasteiger partial charge is 0.326 e. The molecule has 4 nitrogen and oxygen atoms in total. The highest BCUT2D eigenvalue weighted by molar-refractivity contribution is 6.23. The van der Waals surface area contributed by atoms with Crippen molar-refractivity contribution in [1.82, 2.24) is 9.97 Å². The van der Waals surface area contributed by atoms with Crippen molar-refractivity contribution >= 4 is 55.2 Å². The molecule has 4 aromatic carbocycles. The molecule has 5 aromatic rings. The number of rotatable bonds is 1. The maximum atomic E-state index is 11.3.